The summed E-state index contributed by atoms with van der Waals surface area (Å²) in [5.41, 5.74) is 0. The zero-order valence-corrected chi connectivity index (χ0v) is 6.96. The zero-order chi connectivity index (χ0) is 6.62. The number of aliphatic hydroxyl groups is 3. The van der Waals surface area contributed by atoms with Crippen LogP contribution in [0.25, 0.3) is 0 Å². The Kier molecular flexibility index (Phi) is 3.65. The first-order valence-electron chi connectivity index (χ1n) is 2.30. The molecule has 0 fully saturated rings. The van der Waals surface area contributed by atoms with E-state index in [0.717, 1.165) is 16.9 Å². The first-order chi connectivity index (χ1) is 3.68. The molecule has 50 valence electrons. The molecule has 0 aliphatic heterocycles. The van der Waals surface area contributed by atoms with Gasteiger partial charge in [-0.2, -0.15) is 0 Å². The Morgan fingerprint density at radius 2 is 1.25 bits per heavy atom. The van der Waals surface area contributed by atoms with Crippen molar-refractivity contribution >= 4 is 16.9 Å². The molecule has 0 spiro atoms. The third kappa shape index (κ3) is 2.14. The molecule has 0 aliphatic rings. The molecule has 0 bridgehead atoms. The summed E-state index contributed by atoms with van der Waals surface area (Å²) in [5, 5.41) is 25.4. The number of rotatable bonds is 3. The Bertz CT molecular complexity index is 54.0. The molecule has 0 aromatic rings. The third-order valence-corrected chi connectivity index (χ3v) is 2.09. The maximum atomic E-state index is 8.48. The predicted molar refractivity (Wildman–Crippen MR) is 32.5 cm³/mol. The van der Waals surface area contributed by atoms with Crippen LogP contribution in [0.15, 0.2) is 0 Å². The molecule has 0 aliphatic carbocycles. The molecule has 0 aromatic heterocycles. The summed E-state index contributed by atoms with van der Waals surface area (Å²) in [6.07, 6.45) is 0. The van der Waals surface area contributed by atoms with Crippen molar-refractivity contribution in [1.29, 1.82) is 0 Å². The van der Waals surface area contributed by atoms with Crippen LogP contribution in [-0.2, 0) is 0 Å². The van der Waals surface area contributed by atoms with E-state index in [1.807, 2.05) is 0 Å². The summed E-state index contributed by atoms with van der Waals surface area (Å²) in [4.78, 5) is 0. The first kappa shape index (κ1) is 8.44. The van der Waals surface area contributed by atoms with Crippen molar-refractivity contribution in [2.24, 2.45) is 0 Å². The van der Waals surface area contributed by atoms with Gasteiger partial charge in [-0.15, -0.1) is 0 Å². The van der Waals surface area contributed by atoms with Crippen molar-refractivity contribution in [2.45, 2.75) is 4.20 Å². The number of hydrogen-bond donors (Lipinski definition) is 3. The van der Waals surface area contributed by atoms with Crippen LogP contribution in [0.1, 0.15) is 0 Å². The second kappa shape index (κ2) is 3.46. The molecular weight excluding hydrogens is 171 g/mol. The summed E-state index contributed by atoms with van der Waals surface area (Å²) in [5.74, 6) is 0. The van der Waals surface area contributed by atoms with E-state index in [9.17, 15) is 0 Å². The van der Waals surface area contributed by atoms with Crippen molar-refractivity contribution < 1.29 is 15.3 Å². The van der Waals surface area contributed by atoms with Crippen LogP contribution in [0.5, 0.6) is 0 Å². The molecule has 4 heteroatoms. The van der Waals surface area contributed by atoms with Gasteiger partial charge in [-0.1, -0.05) is 0 Å². The minimum absolute atomic E-state index is 0.153. The molecular formula is C4H11AsO3. The maximum absolute atomic E-state index is 8.48. The monoisotopic (exact) mass is 182 g/mol. The van der Waals surface area contributed by atoms with Gasteiger partial charge in [-0.3, -0.25) is 0 Å². The topological polar surface area (TPSA) is 60.7 Å². The predicted octanol–water partition coefficient (Wildman–Crippen LogP) is -2.24. The molecule has 0 rings (SSSR count). The van der Waals surface area contributed by atoms with Gasteiger partial charge in [0.25, 0.3) is 0 Å². The van der Waals surface area contributed by atoms with Crippen molar-refractivity contribution in [3.63, 3.8) is 0 Å². The van der Waals surface area contributed by atoms with Gasteiger partial charge in [0.2, 0.25) is 0 Å². The van der Waals surface area contributed by atoms with Crippen molar-refractivity contribution in [1.82, 2.24) is 0 Å². The van der Waals surface area contributed by atoms with E-state index in [1.54, 1.807) is 0 Å². The Morgan fingerprint density at radius 3 is 1.25 bits per heavy atom. The molecule has 0 heterocycles. The summed E-state index contributed by atoms with van der Waals surface area (Å²) >= 11 is 1.16. The number of hydrogen-bond acceptors (Lipinski definition) is 3. The van der Waals surface area contributed by atoms with E-state index >= 15 is 0 Å². The fourth-order valence-electron chi connectivity index (χ4n) is 0.150. The standard InChI is InChI=1S/C4H11AsO3/c5-4(1-6,2-7)3-8/h6-8H,1-3,5H2. The van der Waals surface area contributed by atoms with Crippen LogP contribution in [-0.4, -0.2) is 52.0 Å². The molecule has 3 nitrogen and oxygen atoms in total. The van der Waals surface area contributed by atoms with E-state index in [0.29, 0.717) is 0 Å². The second-order valence-electron chi connectivity index (χ2n) is 1.84. The van der Waals surface area contributed by atoms with Gasteiger partial charge in [-0.05, 0) is 0 Å². The summed E-state index contributed by atoms with van der Waals surface area (Å²) in [6, 6.07) is 0. The molecule has 0 radical (unpaired) electrons. The fraction of sp³-hybridized carbons (Fsp3) is 1.00. The van der Waals surface area contributed by atoms with E-state index in [-0.39, 0.29) is 19.8 Å². The molecule has 3 N–H and O–H groups in total. The SMILES string of the molecule is OCC([AsH2])(CO)CO. The van der Waals surface area contributed by atoms with Crippen LogP contribution in [0.3, 0.4) is 0 Å². The van der Waals surface area contributed by atoms with Gasteiger partial charge in [0.05, 0.1) is 0 Å². The molecule has 0 saturated carbocycles. The van der Waals surface area contributed by atoms with Crippen molar-refractivity contribution in [3.8, 4) is 0 Å². The van der Waals surface area contributed by atoms with Crippen LogP contribution in [0, 0.1) is 0 Å². The molecule has 1 unspecified atom stereocenters. The Morgan fingerprint density at radius 1 is 1.00 bits per heavy atom. The van der Waals surface area contributed by atoms with E-state index in [2.05, 4.69) is 0 Å². The van der Waals surface area contributed by atoms with Crippen LogP contribution in [0.2, 0.25) is 4.20 Å². The van der Waals surface area contributed by atoms with Gasteiger partial charge >= 0.3 is 56.2 Å². The van der Waals surface area contributed by atoms with Crippen LogP contribution in [0.4, 0.5) is 0 Å². The third-order valence-electron chi connectivity index (χ3n) is 0.945. The molecule has 1 atom stereocenters. The summed E-state index contributed by atoms with van der Waals surface area (Å²) in [7, 11) is 0. The summed E-state index contributed by atoms with van der Waals surface area (Å²) < 4.78 is -0.646. The van der Waals surface area contributed by atoms with Crippen LogP contribution < -0.4 is 0 Å². The average molecular weight is 182 g/mol. The zero-order valence-electron chi connectivity index (χ0n) is 4.54. The normalized spacial score (nSPS) is 12.0. The van der Waals surface area contributed by atoms with Crippen LogP contribution >= 0.6 is 0 Å². The van der Waals surface area contributed by atoms with Gasteiger partial charge in [0.15, 0.2) is 0 Å². The quantitative estimate of drug-likeness (QED) is 0.432. The first-order valence-corrected chi connectivity index (χ1v) is 3.51. The van der Waals surface area contributed by atoms with Gasteiger partial charge in [0, 0.05) is 0 Å². The van der Waals surface area contributed by atoms with E-state index in [4.69, 9.17) is 15.3 Å². The summed E-state index contributed by atoms with van der Waals surface area (Å²) in [6.45, 7) is -0.458. The fourth-order valence-corrected chi connectivity index (χ4v) is 0.150. The Hall–Kier alpha value is 0.438. The average Bonchev–Trinajstić information content (AvgIpc) is 1.87. The van der Waals surface area contributed by atoms with E-state index in [1.165, 1.54) is 0 Å². The second-order valence-corrected chi connectivity index (χ2v) is 4.41. The van der Waals surface area contributed by atoms with Crippen molar-refractivity contribution in [3.05, 3.63) is 0 Å². The van der Waals surface area contributed by atoms with E-state index < -0.39 is 4.20 Å². The van der Waals surface area contributed by atoms with Gasteiger partial charge < -0.3 is 0 Å². The Labute approximate surface area is 56.8 Å². The number of aliphatic hydroxyl groups excluding tert-OH is 3. The minimum atomic E-state index is -0.646. The van der Waals surface area contributed by atoms with Crippen molar-refractivity contribution in [2.75, 3.05) is 19.8 Å². The molecule has 8 heavy (non-hydrogen) atoms. The molecule has 0 amide bonds. The van der Waals surface area contributed by atoms with Gasteiger partial charge in [-0.25, -0.2) is 0 Å². The Balaban J connectivity index is 3.58. The molecule has 0 saturated heterocycles. The molecule has 0 aromatic carbocycles. The van der Waals surface area contributed by atoms with Gasteiger partial charge in [0.1, 0.15) is 0 Å².